The van der Waals surface area contributed by atoms with Gasteiger partial charge in [0.1, 0.15) is 0 Å². The molecule has 0 N–H and O–H groups in total. The maximum Gasteiger partial charge on any atom is 0.254 e. The van der Waals surface area contributed by atoms with Gasteiger partial charge in [-0.25, -0.2) is 0 Å². The Morgan fingerprint density at radius 1 is 1.23 bits per heavy atom. The summed E-state index contributed by atoms with van der Waals surface area (Å²) in [6.45, 7) is 8.17. The van der Waals surface area contributed by atoms with Gasteiger partial charge in [-0.3, -0.25) is 9.78 Å². The van der Waals surface area contributed by atoms with Crippen molar-refractivity contribution in [2.45, 2.75) is 24.9 Å². The fourth-order valence-electron chi connectivity index (χ4n) is 4.68. The van der Waals surface area contributed by atoms with Gasteiger partial charge in [0.2, 0.25) is 0 Å². The van der Waals surface area contributed by atoms with Crippen LogP contribution in [-0.2, 0) is 4.74 Å². The molecule has 6 heteroatoms. The summed E-state index contributed by atoms with van der Waals surface area (Å²) in [4.78, 5) is 23.8. The van der Waals surface area contributed by atoms with Crippen molar-refractivity contribution >= 4 is 5.91 Å². The molecule has 0 saturated carbocycles. The SMILES string of the molecule is CN1CCN(C[C@@H]2CO[C@]3(CCCN(C(=O)c4ccncc4)C3)C2)CC1. The number of piperidine rings is 1. The van der Waals surface area contributed by atoms with Crippen LogP contribution in [0.4, 0.5) is 0 Å². The fraction of sp³-hybridized carbons (Fsp3) is 0.700. The summed E-state index contributed by atoms with van der Waals surface area (Å²) in [6.07, 6.45) is 6.56. The van der Waals surface area contributed by atoms with E-state index in [2.05, 4.69) is 21.8 Å². The minimum absolute atomic E-state index is 0.109. The Balaban J connectivity index is 1.34. The van der Waals surface area contributed by atoms with Crippen molar-refractivity contribution in [1.29, 1.82) is 0 Å². The number of carbonyl (C=O) groups is 1. The first-order valence-electron chi connectivity index (χ1n) is 9.88. The highest BCUT2D eigenvalue weighted by Crippen LogP contribution is 2.38. The Morgan fingerprint density at radius 3 is 2.77 bits per heavy atom. The number of likely N-dealkylation sites (tertiary alicyclic amines) is 1. The zero-order valence-electron chi connectivity index (χ0n) is 15.8. The van der Waals surface area contributed by atoms with E-state index >= 15 is 0 Å². The van der Waals surface area contributed by atoms with Crippen molar-refractivity contribution in [3.05, 3.63) is 30.1 Å². The Hall–Kier alpha value is -1.50. The summed E-state index contributed by atoms with van der Waals surface area (Å²) in [7, 11) is 2.20. The van der Waals surface area contributed by atoms with Crippen LogP contribution in [0.2, 0.25) is 0 Å². The third-order valence-electron chi connectivity index (χ3n) is 6.15. The quantitative estimate of drug-likeness (QED) is 0.816. The number of aromatic nitrogens is 1. The molecule has 3 aliphatic heterocycles. The molecule has 0 radical (unpaired) electrons. The third-order valence-corrected chi connectivity index (χ3v) is 6.15. The molecule has 4 heterocycles. The molecule has 1 amide bonds. The largest absolute Gasteiger partial charge is 0.373 e. The van der Waals surface area contributed by atoms with E-state index in [-0.39, 0.29) is 11.5 Å². The molecule has 26 heavy (non-hydrogen) atoms. The number of carbonyl (C=O) groups excluding carboxylic acids is 1. The van der Waals surface area contributed by atoms with E-state index < -0.39 is 0 Å². The van der Waals surface area contributed by atoms with Crippen molar-refractivity contribution in [2.24, 2.45) is 5.92 Å². The summed E-state index contributed by atoms with van der Waals surface area (Å²) in [5.74, 6) is 0.701. The van der Waals surface area contributed by atoms with Crippen LogP contribution >= 0.6 is 0 Å². The molecule has 0 aliphatic carbocycles. The summed E-state index contributed by atoms with van der Waals surface area (Å²) in [6, 6.07) is 3.60. The first kappa shape index (κ1) is 17.9. The first-order valence-corrected chi connectivity index (χ1v) is 9.88. The molecular formula is C20H30N4O2. The van der Waals surface area contributed by atoms with Gasteiger partial charge in [0.25, 0.3) is 5.91 Å². The Morgan fingerprint density at radius 2 is 2.00 bits per heavy atom. The second kappa shape index (κ2) is 7.62. The Labute approximate surface area is 156 Å². The Kier molecular flexibility index (Phi) is 5.25. The van der Waals surface area contributed by atoms with E-state index in [1.807, 2.05) is 4.90 Å². The van der Waals surface area contributed by atoms with E-state index in [0.717, 1.165) is 77.2 Å². The summed E-state index contributed by atoms with van der Waals surface area (Å²) in [5, 5.41) is 0. The lowest BCUT2D eigenvalue weighted by molar-refractivity contribution is -0.0450. The number of hydrogen-bond acceptors (Lipinski definition) is 5. The van der Waals surface area contributed by atoms with Crippen molar-refractivity contribution in [3.63, 3.8) is 0 Å². The molecule has 0 bridgehead atoms. The summed E-state index contributed by atoms with van der Waals surface area (Å²) >= 11 is 0. The molecule has 1 aromatic rings. The number of hydrogen-bond donors (Lipinski definition) is 0. The molecule has 142 valence electrons. The minimum Gasteiger partial charge on any atom is -0.373 e. The maximum absolute atomic E-state index is 12.8. The average Bonchev–Trinajstić information content (AvgIpc) is 3.05. The highest BCUT2D eigenvalue weighted by atomic mass is 16.5. The highest BCUT2D eigenvalue weighted by Gasteiger charge is 2.44. The van der Waals surface area contributed by atoms with Gasteiger partial charge < -0.3 is 19.4 Å². The second-order valence-corrected chi connectivity index (χ2v) is 8.23. The number of rotatable bonds is 3. The molecule has 3 aliphatic rings. The first-order chi connectivity index (χ1) is 12.6. The second-order valence-electron chi connectivity index (χ2n) is 8.23. The highest BCUT2D eigenvalue weighted by molar-refractivity contribution is 5.94. The number of ether oxygens (including phenoxy) is 1. The van der Waals surface area contributed by atoms with Gasteiger partial charge in [0, 0.05) is 63.8 Å². The van der Waals surface area contributed by atoms with Gasteiger partial charge in [0.05, 0.1) is 12.2 Å². The van der Waals surface area contributed by atoms with Crippen LogP contribution in [0.3, 0.4) is 0 Å². The molecule has 0 unspecified atom stereocenters. The lowest BCUT2D eigenvalue weighted by atomic mass is 9.86. The van der Waals surface area contributed by atoms with E-state index in [1.165, 1.54) is 0 Å². The topological polar surface area (TPSA) is 48.9 Å². The molecule has 3 fully saturated rings. The lowest BCUT2D eigenvalue weighted by Crippen LogP contribution is -2.50. The maximum atomic E-state index is 12.8. The zero-order valence-corrected chi connectivity index (χ0v) is 15.8. The van der Waals surface area contributed by atoms with Crippen molar-refractivity contribution in [1.82, 2.24) is 19.7 Å². The molecule has 3 saturated heterocycles. The van der Waals surface area contributed by atoms with Gasteiger partial charge in [-0.15, -0.1) is 0 Å². The average molecular weight is 358 g/mol. The Bertz CT molecular complexity index is 617. The molecule has 2 atom stereocenters. The summed E-state index contributed by atoms with van der Waals surface area (Å²) in [5.41, 5.74) is 0.599. The fourth-order valence-corrected chi connectivity index (χ4v) is 4.68. The van der Waals surface area contributed by atoms with E-state index in [4.69, 9.17) is 4.74 Å². The monoisotopic (exact) mass is 358 g/mol. The lowest BCUT2D eigenvalue weighted by Gasteiger charge is -2.40. The van der Waals surface area contributed by atoms with Crippen molar-refractivity contribution in [2.75, 3.05) is 59.5 Å². The smallest absolute Gasteiger partial charge is 0.254 e. The predicted molar refractivity (Wildman–Crippen MR) is 100 cm³/mol. The van der Waals surface area contributed by atoms with Crippen molar-refractivity contribution in [3.8, 4) is 0 Å². The van der Waals surface area contributed by atoms with Gasteiger partial charge in [-0.05, 0) is 44.4 Å². The molecule has 1 spiro atoms. The van der Waals surface area contributed by atoms with Gasteiger partial charge in [-0.1, -0.05) is 0 Å². The van der Waals surface area contributed by atoms with Crippen LogP contribution in [0.1, 0.15) is 29.6 Å². The molecule has 0 aromatic carbocycles. The molecular weight excluding hydrogens is 328 g/mol. The van der Waals surface area contributed by atoms with E-state index in [0.29, 0.717) is 5.92 Å². The summed E-state index contributed by atoms with van der Waals surface area (Å²) < 4.78 is 6.33. The van der Waals surface area contributed by atoms with Gasteiger partial charge in [0.15, 0.2) is 0 Å². The van der Waals surface area contributed by atoms with Crippen LogP contribution in [0.15, 0.2) is 24.5 Å². The van der Waals surface area contributed by atoms with Crippen LogP contribution in [-0.4, -0.2) is 90.7 Å². The van der Waals surface area contributed by atoms with E-state index in [9.17, 15) is 4.79 Å². The molecule has 1 aromatic heterocycles. The van der Waals surface area contributed by atoms with E-state index in [1.54, 1.807) is 24.5 Å². The van der Waals surface area contributed by atoms with Gasteiger partial charge in [-0.2, -0.15) is 0 Å². The van der Waals surface area contributed by atoms with Crippen LogP contribution in [0.25, 0.3) is 0 Å². The van der Waals surface area contributed by atoms with Crippen LogP contribution < -0.4 is 0 Å². The standard InChI is InChI=1S/C20H30N4O2/c1-22-9-11-23(12-10-22)14-17-13-20(26-15-17)5-2-8-24(16-20)19(25)18-3-6-21-7-4-18/h3-4,6-7,17H,2,5,8-16H2,1H3/t17-,20-/m1/s1. The van der Waals surface area contributed by atoms with Gasteiger partial charge >= 0.3 is 0 Å². The zero-order chi connectivity index (χ0) is 18.0. The van der Waals surface area contributed by atoms with Crippen LogP contribution in [0, 0.1) is 5.92 Å². The molecule has 6 nitrogen and oxygen atoms in total. The third kappa shape index (κ3) is 3.92. The number of amides is 1. The predicted octanol–water partition coefficient (Wildman–Crippen LogP) is 1.34. The normalized spacial score (nSPS) is 30.8. The minimum atomic E-state index is -0.127. The molecule has 4 rings (SSSR count). The van der Waals surface area contributed by atoms with Crippen molar-refractivity contribution < 1.29 is 9.53 Å². The number of nitrogens with zero attached hydrogens (tertiary/aromatic N) is 4. The number of pyridine rings is 1. The van der Waals surface area contributed by atoms with Crippen LogP contribution in [0.5, 0.6) is 0 Å². The number of likely N-dealkylation sites (N-methyl/N-ethyl adjacent to an activating group) is 1. The number of piperazine rings is 1.